The number of aromatic nitrogens is 2. The highest BCUT2D eigenvalue weighted by molar-refractivity contribution is 6.32. The molecule has 0 bridgehead atoms. The van der Waals surface area contributed by atoms with E-state index in [-0.39, 0.29) is 16.8 Å². The number of hydrogen-bond donors (Lipinski definition) is 1. The molecular formula is C18H17ClN4O2. The first-order valence-corrected chi connectivity index (χ1v) is 8.17. The van der Waals surface area contributed by atoms with Gasteiger partial charge < -0.3 is 9.88 Å². The Bertz CT molecular complexity index is 863. The number of benzene rings is 2. The zero-order chi connectivity index (χ0) is 17.8. The van der Waals surface area contributed by atoms with Crippen LogP contribution in [0.25, 0.3) is 5.69 Å². The molecule has 1 aromatic heterocycles. The fraction of sp³-hybridized carbons (Fsp3) is 0.167. The lowest BCUT2D eigenvalue weighted by atomic mass is 10.1. The Kier molecular flexibility index (Phi) is 5.11. The highest BCUT2D eigenvalue weighted by atomic mass is 35.5. The van der Waals surface area contributed by atoms with Crippen LogP contribution in [-0.4, -0.2) is 14.5 Å². The number of rotatable bonds is 6. The molecule has 0 spiro atoms. The molecule has 7 heteroatoms. The molecule has 0 aliphatic rings. The van der Waals surface area contributed by atoms with E-state index in [9.17, 15) is 10.1 Å². The number of nitro groups is 1. The molecule has 0 amide bonds. The third-order valence-corrected chi connectivity index (χ3v) is 4.33. The molecule has 0 aliphatic carbocycles. The lowest BCUT2D eigenvalue weighted by molar-refractivity contribution is -0.384. The lowest BCUT2D eigenvalue weighted by Crippen LogP contribution is -2.18. The van der Waals surface area contributed by atoms with Crippen molar-refractivity contribution in [2.24, 2.45) is 0 Å². The van der Waals surface area contributed by atoms with Crippen molar-refractivity contribution in [3.8, 4) is 5.69 Å². The Morgan fingerprint density at radius 1 is 1.28 bits per heavy atom. The second-order valence-corrected chi connectivity index (χ2v) is 6.11. The van der Waals surface area contributed by atoms with Crippen LogP contribution >= 0.6 is 11.6 Å². The zero-order valence-electron chi connectivity index (χ0n) is 13.6. The van der Waals surface area contributed by atoms with Crippen molar-refractivity contribution in [1.29, 1.82) is 0 Å². The van der Waals surface area contributed by atoms with Gasteiger partial charge in [-0.3, -0.25) is 10.1 Å². The van der Waals surface area contributed by atoms with Crippen LogP contribution in [0.2, 0.25) is 5.02 Å². The summed E-state index contributed by atoms with van der Waals surface area (Å²) in [5, 5.41) is 14.5. The second-order valence-electron chi connectivity index (χ2n) is 5.71. The molecule has 0 fully saturated rings. The first-order chi connectivity index (χ1) is 12.0. The van der Waals surface area contributed by atoms with Crippen molar-refractivity contribution in [1.82, 2.24) is 14.9 Å². The predicted molar refractivity (Wildman–Crippen MR) is 96.9 cm³/mol. The molecule has 3 rings (SSSR count). The smallest absolute Gasteiger partial charge is 0.288 e. The summed E-state index contributed by atoms with van der Waals surface area (Å²) in [6.45, 7) is 2.57. The van der Waals surface area contributed by atoms with E-state index in [0.29, 0.717) is 6.54 Å². The molecule has 0 aliphatic heterocycles. The van der Waals surface area contributed by atoms with E-state index in [1.807, 2.05) is 22.9 Å². The van der Waals surface area contributed by atoms with Gasteiger partial charge in [-0.2, -0.15) is 0 Å². The molecule has 0 saturated carbocycles. The Labute approximate surface area is 150 Å². The summed E-state index contributed by atoms with van der Waals surface area (Å²) in [7, 11) is 0. The van der Waals surface area contributed by atoms with Crippen LogP contribution in [0.3, 0.4) is 0 Å². The number of nitrogens with zero attached hydrogens (tertiary/aromatic N) is 3. The van der Waals surface area contributed by atoms with Gasteiger partial charge in [0.2, 0.25) is 0 Å². The molecule has 3 aromatic rings. The fourth-order valence-corrected chi connectivity index (χ4v) is 2.73. The van der Waals surface area contributed by atoms with E-state index >= 15 is 0 Å². The van der Waals surface area contributed by atoms with Gasteiger partial charge in [-0.15, -0.1) is 0 Å². The summed E-state index contributed by atoms with van der Waals surface area (Å²) in [4.78, 5) is 14.5. The maximum absolute atomic E-state index is 11.0. The van der Waals surface area contributed by atoms with Gasteiger partial charge >= 0.3 is 0 Å². The molecule has 2 aromatic carbocycles. The van der Waals surface area contributed by atoms with Crippen LogP contribution in [0, 0.1) is 10.1 Å². The van der Waals surface area contributed by atoms with Gasteiger partial charge in [-0.1, -0.05) is 29.8 Å². The van der Waals surface area contributed by atoms with Crippen molar-refractivity contribution < 1.29 is 4.92 Å². The van der Waals surface area contributed by atoms with Crippen LogP contribution in [-0.2, 0) is 6.54 Å². The van der Waals surface area contributed by atoms with Crippen molar-refractivity contribution in [2.75, 3.05) is 0 Å². The summed E-state index contributed by atoms with van der Waals surface area (Å²) in [5.41, 5.74) is 2.92. The maximum atomic E-state index is 11.0. The standard InChI is InChI=1S/C18H17ClN4O2/c1-13(15-3-5-16(6-4-15)22-9-8-20-12-22)21-11-14-2-7-17(19)18(10-14)23(24)25/h2-10,12-13,21H,11H2,1H3. The van der Waals surface area contributed by atoms with E-state index in [1.54, 1.807) is 24.7 Å². The van der Waals surface area contributed by atoms with Crippen LogP contribution < -0.4 is 5.32 Å². The number of nitrogens with one attached hydrogen (secondary N) is 1. The van der Waals surface area contributed by atoms with E-state index in [1.165, 1.54) is 6.07 Å². The van der Waals surface area contributed by atoms with Gasteiger partial charge in [-0.05, 0) is 36.2 Å². The highest BCUT2D eigenvalue weighted by Crippen LogP contribution is 2.25. The molecule has 128 valence electrons. The third-order valence-electron chi connectivity index (χ3n) is 4.02. The summed E-state index contributed by atoms with van der Waals surface area (Å²) < 4.78 is 1.94. The summed E-state index contributed by atoms with van der Waals surface area (Å²) in [5.74, 6) is 0. The quantitative estimate of drug-likeness (QED) is 0.528. The third kappa shape index (κ3) is 4.04. The van der Waals surface area contributed by atoms with Gasteiger partial charge in [0.1, 0.15) is 5.02 Å². The Morgan fingerprint density at radius 2 is 2.04 bits per heavy atom. The molecule has 1 atom stereocenters. The number of halogens is 1. The number of nitro benzene ring substituents is 1. The van der Waals surface area contributed by atoms with Crippen LogP contribution in [0.5, 0.6) is 0 Å². The molecule has 1 unspecified atom stereocenters. The van der Waals surface area contributed by atoms with E-state index in [4.69, 9.17) is 11.6 Å². The van der Waals surface area contributed by atoms with Crippen LogP contribution in [0.1, 0.15) is 24.1 Å². The number of hydrogen-bond acceptors (Lipinski definition) is 4. The first-order valence-electron chi connectivity index (χ1n) is 7.79. The minimum atomic E-state index is -0.468. The fourth-order valence-electron chi connectivity index (χ4n) is 2.54. The summed E-state index contributed by atoms with van der Waals surface area (Å²) in [6.07, 6.45) is 5.39. The summed E-state index contributed by atoms with van der Waals surface area (Å²) in [6, 6.07) is 13.1. The molecule has 6 nitrogen and oxygen atoms in total. The van der Waals surface area contributed by atoms with Crippen molar-refractivity contribution in [2.45, 2.75) is 19.5 Å². The van der Waals surface area contributed by atoms with E-state index in [0.717, 1.165) is 16.8 Å². The van der Waals surface area contributed by atoms with Gasteiger partial charge in [0.05, 0.1) is 11.3 Å². The van der Waals surface area contributed by atoms with Gasteiger partial charge in [0.15, 0.2) is 0 Å². The molecule has 0 radical (unpaired) electrons. The highest BCUT2D eigenvalue weighted by Gasteiger charge is 2.13. The lowest BCUT2D eigenvalue weighted by Gasteiger charge is -2.15. The Balaban J connectivity index is 1.65. The Hall–Kier alpha value is -2.70. The average Bonchev–Trinajstić information content (AvgIpc) is 3.15. The largest absolute Gasteiger partial charge is 0.306 e. The van der Waals surface area contributed by atoms with Crippen LogP contribution in [0.15, 0.2) is 61.2 Å². The van der Waals surface area contributed by atoms with Gasteiger partial charge in [0.25, 0.3) is 5.69 Å². The molecule has 1 N–H and O–H groups in total. The summed E-state index contributed by atoms with van der Waals surface area (Å²) >= 11 is 5.84. The second kappa shape index (κ2) is 7.46. The molecule has 0 saturated heterocycles. The van der Waals surface area contributed by atoms with Gasteiger partial charge in [-0.25, -0.2) is 4.98 Å². The molecule has 1 heterocycles. The topological polar surface area (TPSA) is 73.0 Å². The average molecular weight is 357 g/mol. The predicted octanol–water partition coefficient (Wildman–Crippen LogP) is 4.28. The normalized spacial score (nSPS) is 12.1. The molecular weight excluding hydrogens is 340 g/mol. The van der Waals surface area contributed by atoms with Gasteiger partial charge in [0, 0.05) is 36.7 Å². The van der Waals surface area contributed by atoms with E-state index in [2.05, 4.69) is 29.4 Å². The molecule has 25 heavy (non-hydrogen) atoms. The van der Waals surface area contributed by atoms with E-state index < -0.39 is 4.92 Å². The zero-order valence-corrected chi connectivity index (χ0v) is 14.3. The van der Waals surface area contributed by atoms with Crippen molar-refractivity contribution >= 4 is 17.3 Å². The maximum Gasteiger partial charge on any atom is 0.288 e. The van der Waals surface area contributed by atoms with Crippen LogP contribution in [0.4, 0.5) is 5.69 Å². The SMILES string of the molecule is CC(NCc1ccc(Cl)c([N+](=O)[O-])c1)c1ccc(-n2ccnc2)cc1. The minimum absolute atomic E-state index is 0.0710. The number of imidazole rings is 1. The Morgan fingerprint density at radius 3 is 2.68 bits per heavy atom. The minimum Gasteiger partial charge on any atom is -0.306 e. The monoisotopic (exact) mass is 356 g/mol. The first kappa shape index (κ1) is 17.1. The van der Waals surface area contributed by atoms with Crippen molar-refractivity contribution in [3.63, 3.8) is 0 Å². The van der Waals surface area contributed by atoms with Crippen molar-refractivity contribution in [3.05, 3.63) is 87.4 Å².